The number of nitrogens with one attached hydrogen (secondary N) is 9. The van der Waals surface area contributed by atoms with Crippen LogP contribution in [0, 0.1) is 0 Å². The van der Waals surface area contributed by atoms with Gasteiger partial charge in [-0.1, -0.05) is 94.4 Å². The summed E-state index contributed by atoms with van der Waals surface area (Å²) < 4.78 is 0. The molecule has 24 nitrogen and oxygen atoms in total. The molecule has 432 valence electrons. The number of amides is 9. The summed E-state index contributed by atoms with van der Waals surface area (Å²) in [5, 5.41) is 52.8. The Balaban J connectivity index is 1.43. The second-order valence-electron chi connectivity index (χ2n) is 19.4. The van der Waals surface area contributed by atoms with E-state index in [2.05, 4.69) is 47.5 Å². The van der Waals surface area contributed by atoms with Crippen LogP contribution in [0.1, 0.15) is 48.4 Å². The Morgan fingerprint density at radius 1 is 0.605 bits per heavy atom. The number of hydrogen-bond acceptors (Lipinski definition) is 15. The maximum Gasteiger partial charge on any atom is 0.327 e. The van der Waals surface area contributed by atoms with Gasteiger partial charge in [-0.2, -0.15) is 0 Å². The van der Waals surface area contributed by atoms with Crippen molar-refractivity contribution in [1.29, 1.82) is 0 Å². The van der Waals surface area contributed by atoms with E-state index in [4.69, 9.17) is 17.2 Å². The molecule has 0 bridgehead atoms. The average molecular weight is 1150 g/mol. The summed E-state index contributed by atoms with van der Waals surface area (Å²) in [5.41, 5.74) is 20.6. The van der Waals surface area contributed by atoms with E-state index >= 15 is 0 Å². The zero-order valence-corrected chi connectivity index (χ0v) is 45.9. The summed E-state index contributed by atoms with van der Waals surface area (Å²) >= 11 is 0. The number of nitrogens with two attached hydrogens (primary N) is 3. The monoisotopic (exact) mass is 1150 g/mol. The van der Waals surface area contributed by atoms with Crippen molar-refractivity contribution in [2.75, 3.05) is 23.8 Å². The standard InChI is InChI=1S/C55H68N12O12S2/c1-30(68)46-53(76)64-42(25-33-16-20-36(69)21-17-33)50(73)65-45(54(77)78)29-81-80-28-44(66-55(58)79)52(75)62-40(23-31-9-3-2-4-10-31)48(71)61-41(24-32-14-18-35(57)19-15-32)49(72)63-43(26-34-27-59-38-12-6-5-11-37(34)38)51(74)60-39(47(70)67-46)13-7-8-22-56/h2-6,9-12,14-21,27,30,39-46,59,68-69H,7-8,13,22-26,28-29,56-57H2,1H3,(H,60,74)(H,61,71)(H,62,75)(H,63,72)(H,64,76)(H,65,73)(H,67,70)(H,77,78)(H3,58,66,79)/t30-,39+,40+,41+,42+,43+,44+,45+,46+/m1/s1. The first kappa shape index (κ1) is 61.9. The number of benzene rings is 4. The number of hydrogen-bond donors (Lipinski definition) is 15. The summed E-state index contributed by atoms with van der Waals surface area (Å²) in [5.74, 6) is -8.62. The Morgan fingerprint density at radius 3 is 1.68 bits per heavy atom. The van der Waals surface area contributed by atoms with Gasteiger partial charge in [-0.15, -0.1) is 0 Å². The Morgan fingerprint density at radius 2 is 1.10 bits per heavy atom. The summed E-state index contributed by atoms with van der Waals surface area (Å²) in [6.07, 6.45) is -0.0358. The fourth-order valence-corrected chi connectivity index (χ4v) is 11.1. The van der Waals surface area contributed by atoms with E-state index in [1.165, 1.54) is 31.2 Å². The minimum absolute atomic E-state index is 0.0460. The van der Waals surface area contributed by atoms with Gasteiger partial charge in [0.05, 0.1) is 6.10 Å². The lowest BCUT2D eigenvalue weighted by Crippen LogP contribution is -2.62. The van der Waals surface area contributed by atoms with Gasteiger partial charge in [-0.3, -0.25) is 33.6 Å². The Kier molecular flexibility index (Phi) is 23.2. The number of carbonyl (C=O) groups excluding carboxylic acids is 8. The number of phenolic OH excluding ortho intramolecular Hbond substituents is 1. The number of aromatic nitrogens is 1. The highest BCUT2D eigenvalue weighted by molar-refractivity contribution is 8.76. The van der Waals surface area contributed by atoms with Crippen LogP contribution in [0.15, 0.2) is 109 Å². The van der Waals surface area contributed by atoms with Gasteiger partial charge in [0.2, 0.25) is 41.4 Å². The molecule has 0 saturated carbocycles. The highest BCUT2D eigenvalue weighted by Gasteiger charge is 2.37. The number of H-pyrrole nitrogens is 1. The minimum atomic E-state index is -1.77. The van der Waals surface area contributed by atoms with E-state index in [1.807, 2.05) is 12.1 Å². The van der Waals surface area contributed by atoms with E-state index in [0.717, 1.165) is 21.6 Å². The molecule has 1 saturated heterocycles. The number of unbranched alkanes of at least 4 members (excludes halogenated alkanes) is 1. The van der Waals surface area contributed by atoms with Crippen molar-refractivity contribution < 1.29 is 58.5 Å². The van der Waals surface area contributed by atoms with Crippen molar-refractivity contribution in [2.45, 2.75) is 106 Å². The first-order valence-corrected chi connectivity index (χ1v) is 28.5. The van der Waals surface area contributed by atoms with Crippen molar-refractivity contribution in [3.05, 3.63) is 132 Å². The molecule has 1 fully saturated rings. The van der Waals surface area contributed by atoms with Gasteiger partial charge in [0.1, 0.15) is 54.1 Å². The molecular formula is C55H68N12O12S2. The Labute approximate surface area is 474 Å². The van der Waals surface area contributed by atoms with E-state index in [0.29, 0.717) is 45.3 Å². The third-order valence-electron chi connectivity index (χ3n) is 13.2. The molecule has 1 aliphatic rings. The number of urea groups is 1. The predicted octanol–water partition coefficient (Wildman–Crippen LogP) is 0.146. The molecule has 81 heavy (non-hydrogen) atoms. The van der Waals surface area contributed by atoms with Gasteiger partial charge < -0.3 is 80.0 Å². The molecule has 0 radical (unpaired) electrons. The molecule has 2 heterocycles. The SMILES string of the molecule is C[C@@H](O)[C@@H]1NC(=O)[C@H](CCCCN)NC(=O)[C@H](Cc2c[nH]c3ccccc23)NC(=O)[C@H](Cc2ccc(N)cc2)NC(=O)[C@H](Cc2ccccc2)NC(=O)[C@@H](NC(N)=O)CSSC[C@@H](C(=O)O)NC(=O)[C@H](Cc2ccc(O)cc2)NC1=O. The third-order valence-corrected chi connectivity index (χ3v) is 15.6. The molecule has 1 aromatic heterocycles. The van der Waals surface area contributed by atoms with Crippen molar-refractivity contribution >= 4 is 91.5 Å². The number of fused-ring (bicyclic) bond motifs is 1. The molecule has 0 aliphatic carbocycles. The Bertz CT molecular complexity index is 2990. The van der Waals surface area contributed by atoms with Crippen LogP contribution in [-0.2, 0) is 64.0 Å². The lowest BCUT2D eigenvalue weighted by molar-refractivity contribution is -0.141. The number of carboxylic acid groups (broad SMARTS) is 1. The molecule has 0 spiro atoms. The fraction of sp³-hybridized carbons (Fsp3) is 0.364. The number of carboxylic acids is 1. The maximum absolute atomic E-state index is 15.0. The molecule has 4 aromatic carbocycles. The fourth-order valence-electron chi connectivity index (χ4n) is 8.77. The van der Waals surface area contributed by atoms with E-state index in [9.17, 15) is 58.5 Å². The first-order chi connectivity index (χ1) is 38.8. The number of aliphatic hydroxyl groups is 1. The highest BCUT2D eigenvalue weighted by atomic mass is 33.1. The van der Waals surface area contributed by atoms with Gasteiger partial charge in [-0.05, 0) is 85.3 Å². The lowest BCUT2D eigenvalue weighted by atomic mass is 10.00. The second-order valence-corrected chi connectivity index (χ2v) is 22.0. The molecular weight excluding hydrogens is 1080 g/mol. The van der Waals surface area contributed by atoms with Crippen LogP contribution < -0.4 is 59.7 Å². The second kappa shape index (κ2) is 30.3. The Hall–Kier alpha value is -8.33. The average Bonchev–Trinajstić information content (AvgIpc) is 3.89. The molecule has 18 N–H and O–H groups in total. The van der Waals surface area contributed by atoms with Crippen LogP contribution in [0.5, 0.6) is 5.75 Å². The van der Waals surface area contributed by atoms with Crippen LogP contribution in [0.3, 0.4) is 0 Å². The number of aromatic amines is 1. The van der Waals surface area contributed by atoms with E-state index < -0.39 is 108 Å². The van der Waals surface area contributed by atoms with Crippen LogP contribution >= 0.6 is 21.6 Å². The molecule has 0 unspecified atom stereocenters. The lowest BCUT2D eigenvalue weighted by Gasteiger charge is -2.29. The third kappa shape index (κ3) is 18.9. The zero-order valence-electron chi connectivity index (χ0n) is 44.2. The smallest absolute Gasteiger partial charge is 0.327 e. The quantitative estimate of drug-likeness (QED) is 0.0377. The van der Waals surface area contributed by atoms with Crippen molar-refractivity contribution in [1.82, 2.24) is 47.5 Å². The number of para-hydroxylation sites is 1. The van der Waals surface area contributed by atoms with Gasteiger partial charge in [-0.25, -0.2) is 9.59 Å². The summed E-state index contributed by atoms with van der Waals surface area (Å²) in [6.45, 7) is 1.42. The van der Waals surface area contributed by atoms with Gasteiger partial charge >= 0.3 is 12.0 Å². The highest BCUT2D eigenvalue weighted by Crippen LogP contribution is 2.24. The summed E-state index contributed by atoms with van der Waals surface area (Å²) in [4.78, 5) is 130. The van der Waals surface area contributed by atoms with E-state index in [-0.39, 0.29) is 62.3 Å². The maximum atomic E-state index is 15.0. The molecule has 6 rings (SSSR count). The number of aromatic hydroxyl groups is 1. The van der Waals surface area contributed by atoms with E-state index in [1.54, 1.807) is 72.9 Å². The van der Waals surface area contributed by atoms with Crippen LogP contribution in [0.2, 0.25) is 0 Å². The topological polar surface area (TPSA) is 404 Å². The van der Waals surface area contributed by atoms with Crippen LogP contribution in [0.4, 0.5) is 10.5 Å². The zero-order chi connectivity index (χ0) is 58.6. The van der Waals surface area contributed by atoms with Gasteiger partial charge in [0, 0.05) is 60.0 Å². The van der Waals surface area contributed by atoms with Crippen molar-refractivity contribution in [2.24, 2.45) is 11.5 Å². The number of anilines is 1. The molecule has 9 atom stereocenters. The minimum Gasteiger partial charge on any atom is -0.508 e. The van der Waals surface area contributed by atoms with Crippen LogP contribution in [0.25, 0.3) is 10.9 Å². The molecule has 26 heteroatoms. The van der Waals surface area contributed by atoms with Crippen molar-refractivity contribution in [3.8, 4) is 5.75 Å². The van der Waals surface area contributed by atoms with Crippen LogP contribution in [-0.4, -0.2) is 146 Å². The first-order valence-electron chi connectivity index (χ1n) is 26.0. The van der Waals surface area contributed by atoms with Crippen molar-refractivity contribution in [3.63, 3.8) is 0 Å². The number of aliphatic carboxylic acids is 1. The number of nitrogen functional groups attached to an aromatic ring is 1. The number of rotatable bonds is 15. The summed E-state index contributed by atoms with van der Waals surface area (Å²) in [7, 11) is 1.82. The largest absolute Gasteiger partial charge is 0.508 e. The predicted molar refractivity (Wildman–Crippen MR) is 306 cm³/mol. The number of carbonyl (C=O) groups is 9. The normalized spacial score (nSPS) is 22.8. The number of primary amides is 1. The molecule has 9 amide bonds. The van der Waals surface area contributed by atoms with Gasteiger partial charge in [0.15, 0.2) is 0 Å². The summed E-state index contributed by atoms with van der Waals surface area (Å²) in [6, 6.07) is 14.7. The number of aliphatic hydroxyl groups excluding tert-OH is 1. The number of phenols is 1. The molecule has 1 aliphatic heterocycles. The molecule has 5 aromatic rings. The van der Waals surface area contributed by atoms with Gasteiger partial charge in [0.25, 0.3) is 0 Å².